The van der Waals surface area contributed by atoms with Crippen LogP contribution in [0.3, 0.4) is 0 Å². The average Bonchev–Trinajstić information content (AvgIpc) is 3.09. The Bertz CT molecular complexity index is 1130. The van der Waals surface area contributed by atoms with Gasteiger partial charge in [0.25, 0.3) is 0 Å². The molecule has 1 aliphatic rings. The molecule has 1 aliphatic carbocycles. The zero-order valence-electron chi connectivity index (χ0n) is 15.9. The first-order valence-electron chi connectivity index (χ1n) is 9.77. The smallest absolute Gasteiger partial charge is 0.321 e. The highest BCUT2D eigenvalue weighted by Crippen LogP contribution is 2.33. The third-order valence-electron chi connectivity index (χ3n) is 5.40. The number of rotatable bonds is 7. The molecular formula is C22H23NO5S. The maximum absolute atomic E-state index is 12.8. The molecule has 3 aromatic rings. The lowest BCUT2D eigenvalue weighted by Gasteiger charge is -2.15. The van der Waals surface area contributed by atoms with Crippen LogP contribution in [0.1, 0.15) is 36.1 Å². The average molecular weight is 413 g/mol. The van der Waals surface area contributed by atoms with Crippen LogP contribution in [0.25, 0.3) is 11.0 Å². The monoisotopic (exact) mass is 413 g/mol. The third kappa shape index (κ3) is 4.21. The normalized spacial score (nSPS) is 15.2. The molecule has 0 unspecified atom stereocenters. The molecule has 1 aromatic heterocycles. The van der Waals surface area contributed by atoms with Crippen molar-refractivity contribution in [2.75, 3.05) is 0 Å². The first-order valence-corrected chi connectivity index (χ1v) is 11.3. The van der Waals surface area contributed by atoms with Crippen molar-refractivity contribution in [2.24, 2.45) is 0 Å². The Kier molecular flexibility index (Phi) is 5.43. The van der Waals surface area contributed by atoms with Crippen molar-refractivity contribution in [3.05, 3.63) is 65.4 Å². The molecule has 0 spiro atoms. The van der Waals surface area contributed by atoms with Crippen LogP contribution in [-0.2, 0) is 34.1 Å². The van der Waals surface area contributed by atoms with Gasteiger partial charge in [0.2, 0.25) is 10.0 Å². The van der Waals surface area contributed by atoms with E-state index in [4.69, 9.17) is 4.42 Å². The largest absolute Gasteiger partial charge is 0.480 e. The molecule has 4 rings (SSSR count). The second-order valence-corrected chi connectivity index (χ2v) is 9.12. The number of carbonyl (C=O) groups is 1. The summed E-state index contributed by atoms with van der Waals surface area (Å²) in [5.41, 5.74) is 2.66. The Balaban J connectivity index is 1.55. The van der Waals surface area contributed by atoms with Crippen molar-refractivity contribution < 1.29 is 22.7 Å². The Morgan fingerprint density at radius 3 is 2.62 bits per heavy atom. The summed E-state index contributed by atoms with van der Waals surface area (Å²) in [6, 6.07) is 13.0. The molecule has 29 heavy (non-hydrogen) atoms. The Hall–Kier alpha value is -2.64. The van der Waals surface area contributed by atoms with Gasteiger partial charge in [-0.15, -0.1) is 0 Å². The van der Waals surface area contributed by atoms with Crippen LogP contribution in [0.5, 0.6) is 0 Å². The lowest BCUT2D eigenvalue weighted by Crippen LogP contribution is -2.41. The van der Waals surface area contributed by atoms with Crippen LogP contribution in [0.4, 0.5) is 0 Å². The predicted molar refractivity (Wildman–Crippen MR) is 109 cm³/mol. The van der Waals surface area contributed by atoms with Gasteiger partial charge in [0.15, 0.2) is 0 Å². The lowest BCUT2D eigenvalue weighted by molar-refractivity contribution is -0.139. The van der Waals surface area contributed by atoms with Crippen LogP contribution in [-0.4, -0.2) is 25.5 Å². The third-order valence-corrected chi connectivity index (χ3v) is 6.87. The molecule has 152 valence electrons. The molecular weight excluding hydrogens is 390 g/mol. The number of hydrogen-bond donors (Lipinski definition) is 2. The molecule has 0 fully saturated rings. The summed E-state index contributed by atoms with van der Waals surface area (Å²) in [6.45, 7) is 0. The van der Waals surface area contributed by atoms with E-state index in [0.717, 1.165) is 48.0 Å². The van der Waals surface area contributed by atoms with Gasteiger partial charge in [-0.1, -0.05) is 30.3 Å². The van der Waals surface area contributed by atoms with Gasteiger partial charge < -0.3 is 9.52 Å². The Morgan fingerprint density at radius 1 is 1.10 bits per heavy atom. The van der Waals surface area contributed by atoms with Crippen molar-refractivity contribution in [3.8, 4) is 0 Å². The minimum absolute atomic E-state index is 0.0158. The van der Waals surface area contributed by atoms with E-state index >= 15 is 0 Å². The predicted octanol–water partition coefficient (Wildman–Crippen LogP) is 3.68. The molecule has 2 aromatic carbocycles. The van der Waals surface area contributed by atoms with Gasteiger partial charge >= 0.3 is 5.97 Å². The summed E-state index contributed by atoms with van der Waals surface area (Å²) in [5.74, 6) is -0.265. The summed E-state index contributed by atoms with van der Waals surface area (Å²) >= 11 is 0. The van der Waals surface area contributed by atoms with E-state index in [-0.39, 0.29) is 11.3 Å². The summed E-state index contributed by atoms with van der Waals surface area (Å²) in [6.07, 6.45) is 4.60. The maximum Gasteiger partial charge on any atom is 0.321 e. The number of carboxylic acids is 1. The standard InChI is InChI=1S/C22H23NO5S/c24-22(25)19(13-10-15-6-2-1-3-7-15)23-29(26,27)16-11-12-18-17-8-4-5-9-20(17)28-21(18)14-16/h1-3,6-7,11-12,14,19,23H,4-5,8-10,13H2,(H,24,25)/t19-/m1/s1. The highest BCUT2D eigenvalue weighted by molar-refractivity contribution is 7.89. The van der Waals surface area contributed by atoms with Crippen LogP contribution < -0.4 is 4.72 Å². The van der Waals surface area contributed by atoms with E-state index in [9.17, 15) is 18.3 Å². The van der Waals surface area contributed by atoms with Gasteiger partial charge in [0.05, 0.1) is 4.90 Å². The Morgan fingerprint density at radius 2 is 1.86 bits per heavy atom. The van der Waals surface area contributed by atoms with E-state index in [1.54, 1.807) is 6.07 Å². The fraction of sp³-hybridized carbons (Fsp3) is 0.318. The first kappa shape index (κ1) is 19.7. The molecule has 6 nitrogen and oxygen atoms in total. The fourth-order valence-electron chi connectivity index (χ4n) is 3.86. The number of fused-ring (bicyclic) bond motifs is 3. The zero-order valence-corrected chi connectivity index (χ0v) is 16.7. The molecule has 0 saturated carbocycles. The van der Waals surface area contributed by atoms with E-state index < -0.39 is 22.0 Å². The van der Waals surface area contributed by atoms with Gasteiger partial charge in [0, 0.05) is 23.4 Å². The minimum atomic E-state index is -3.99. The number of nitrogens with one attached hydrogen (secondary N) is 1. The Labute approximate surface area is 169 Å². The highest BCUT2D eigenvalue weighted by Gasteiger charge is 2.26. The molecule has 2 N–H and O–H groups in total. The van der Waals surface area contributed by atoms with E-state index in [1.807, 2.05) is 30.3 Å². The molecule has 7 heteroatoms. The van der Waals surface area contributed by atoms with Crippen molar-refractivity contribution in [1.29, 1.82) is 0 Å². The molecule has 0 saturated heterocycles. The van der Waals surface area contributed by atoms with E-state index in [2.05, 4.69) is 4.72 Å². The highest BCUT2D eigenvalue weighted by atomic mass is 32.2. The molecule has 0 amide bonds. The lowest BCUT2D eigenvalue weighted by atomic mass is 9.96. The minimum Gasteiger partial charge on any atom is -0.480 e. The van der Waals surface area contributed by atoms with E-state index in [1.165, 1.54) is 12.1 Å². The van der Waals surface area contributed by atoms with Gasteiger partial charge in [-0.05, 0) is 49.8 Å². The number of benzene rings is 2. The quantitative estimate of drug-likeness (QED) is 0.616. The second-order valence-electron chi connectivity index (χ2n) is 7.41. The topological polar surface area (TPSA) is 96.6 Å². The summed E-state index contributed by atoms with van der Waals surface area (Å²) in [4.78, 5) is 11.6. The fourth-order valence-corrected chi connectivity index (χ4v) is 5.09. The SMILES string of the molecule is O=C(O)[C@@H](CCc1ccccc1)NS(=O)(=O)c1ccc2c3c(oc2c1)CCCC3. The van der Waals surface area contributed by atoms with E-state index in [0.29, 0.717) is 12.0 Å². The number of carboxylic acid groups (broad SMARTS) is 1. The van der Waals surface area contributed by atoms with Crippen LogP contribution in [0.15, 0.2) is 57.8 Å². The summed E-state index contributed by atoms with van der Waals surface area (Å²) in [7, 11) is -3.99. The van der Waals surface area contributed by atoms with Crippen molar-refractivity contribution in [3.63, 3.8) is 0 Å². The number of aryl methyl sites for hydroxylation is 3. The van der Waals surface area contributed by atoms with Gasteiger partial charge in [-0.2, -0.15) is 4.72 Å². The summed E-state index contributed by atoms with van der Waals surface area (Å²) in [5, 5.41) is 10.4. The van der Waals surface area contributed by atoms with Gasteiger partial charge in [0.1, 0.15) is 17.4 Å². The van der Waals surface area contributed by atoms with Crippen LogP contribution >= 0.6 is 0 Å². The van der Waals surface area contributed by atoms with Crippen molar-refractivity contribution in [1.82, 2.24) is 4.72 Å². The molecule has 1 heterocycles. The van der Waals surface area contributed by atoms with Crippen LogP contribution in [0, 0.1) is 0 Å². The van der Waals surface area contributed by atoms with Crippen LogP contribution in [0.2, 0.25) is 0 Å². The molecule has 0 bridgehead atoms. The van der Waals surface area contributed by atoms with Gasteiger partial charge in [-0.3, -0.25) is 4.79 Å². The van der Waals surface area contributed by atoms with Crippen molar-refractivity contribution in [2.45, 2.75) is 49.5 Å². The molecule has 0 radical (unpaired) electrons. The molecule has 1 atom stereocenters. The zero-order chi connectivity index (χ0) is 20.4. The maximum atomic E-state index is 12.8. The number of aliphatic carboxylic acids is 1. The number of sulfonamides is 1. The number of hydrogen-bond acceptors (Lipinski definition) is 4. The summed E-state index contributed by atoms with van der Waals surface area (Å²) < 4.78 is 33.9. The van der Waals surface area contributed by atoms with Crippen molar-refractivity contribution >= 4 is 27.0 Å². The first-order chi connectivity index (χ1) is 13.9. The molecule has 0 aliphatic heterocycles. The number of furan rings is 1. The second kappa shape index (κ2) is 8.00. The van der Waals surface area contributed by atoms with Gasteiger partial charge in [-0.25, -0.2) is 8.42 Å².